The van der Waals surface area contributed by atoms with E-state index in [1.165, 1.54) is 11.8 Å². The van der Waals surface area contributed by atoms with Gasteiger partial charge in [0.1, 0.15) is 5.82 Å². The highest BCUT2D eigenvalue weighted by Crippen LogP contribution is 2.28. The summed E-state index contributed by atoms with van der Waals surface area (Å²) in [7, 11) is 0. The molecular weight excluding hydrogens is 292 g/mol. The van der Waals surface area contributed by atoms with E-state index < -0.39 is 0 Å². The molecule has 1 N–H and O–H groups in total. The van der Waals surface area contributed by atoms with E-state index in [4.69, 9.17) is 5.26 Å². The fraction of sp³-hybridized carbons (Fsp3) is 0.118. The molecule has 0 unspecified atom stereocenters. The van der Waals surface area contributed by atoms with E-state index in [2.05, 4.69) is 21.4 Å². The van der Waals surface area contributed by atoms with Crippen molar-refractivity contribution in [1.82, 2.24) is 9.97 Å². The Morgan fingerprint density at radius 1 is 1.05 bits per heavy atom. The van der Waals surface area contributed by atoms with Crippen molar-refractivity contribution in [3.8, 4) is 6.07 Å². The number of para-hydroxylation sites is 2. The summed E-state index contributed by atoms with van der Waals surface area (Å²) >= 11 is 1.36. The zero-order valence-corrected chi connectivity index (χ0v) is 12.8. The predicted octanol–water partition coefficient (Wildman–Crippen LogP) is 4.38. The Kier molecular flexibility index (Phi) is 4.22. The van der Waals surface area contributed by atoms with E-state index >= 15 is 0 Å². The highest BCUT2D eigenvalue weighted by Gasteiger charge is 2.11. The number of hydrogen-bond donors (Lipinski definition) is 1. The smallest absolute Gasteiger partial charge is 0.191 e. The van der Waals surface area contributed by atoms with Crippen molar-refractivity contribution >= 4 is 34.2 Å². The molecule has 0 bridgehead atoms. The Morgan fingerprint density at radius 2 is 1.77 bits per heavy atom. The van der Waals surface area contributed by atoms with Gasteiger partial charge in [0.25, 0.3) is 0 Å². The molecule has 0 saturated carbocycles. The van der Waals surface area contributed by atoms with E-state index in [0.717, 1.165) is 22.4 Å². The number of benzene rings is 2. The molecule has 0 radical (unpaired) electrons. The summed E-state index contributed by atoms with van der Waals surface area (Å²) < 4.78 is 0. The van der Waals surface area contributed by atoms with Gasteiger partial charge in [-0.2, -0.15) is 5.26 Å². The van der Waals surface area contributed by atoms with Crippen LogP contribution in [0.15, 0.2) is 59.8 Å². The SMILES string of the molecule is C[C@H](C#N)Sc1nc(Nc2ccccc2)c2ccccc2n1. The number of fused-ring (bicyclic) bond motifs is 1. The predicted molar refractivity (Wildman–Crippen MR) is 90.2 cm³/mol. The van der Waals surface area contributed by atoms with Crippen LogP contribution in [-0.4, -0.2) is 15.2 Å². The van der Waals surface area contributed by atoms with E-state index in [1.807, 2.05) is 61.5 Å². The number of nitrogens with zero attached hydrogens (tertiary/aromatic N) is 3. The number of hydrogen-bond acceptors (Lipinski definition) is 5. The maximum atomic E-state index is 8.97. The van der Waals surface area contributed by atoms with Gasteiger partial charge in [-0.05, 0) is 31.2 Å². The third-order valence-corrected chi connectivity index (χ3v) is 3.94. The van der Waals surface area contributed by atoms with Gasteiger partial charge < -0.3 is 5.32 Å². The molecule has 0 amide bonds. The molecular formula is C17H14N4S. The second-order valence-corrected chi connectivity index (χ2v) is 6.06. The van der Waals surface area contributed by atoms with Gasteiger partial charge in [0.05, 0.1) is 16.8 Å². The van der Waals surface area contributed by atoms with E-state index in [0.29, 0.717) is 5.16 Å². The van der Waals surface area contributed by atoms with Gasteiger partial charge >= 0.3 is 0 Å². The largest absolute Gasteiger partial charge is 0.340 e. The van der Waals surface area contributed by atoms with E-state index in [1.54, 1.807) is 0 Å². The first-order chi connectivity index (χ1) is 10.8. The molecule has 1 heterocycles. The topological polar surface area (TPSA) is 61.6 Å². The van der Waals surface area contributed by atoms with Gasteiger partial charge in [-0.15, -0.1) is 0 Å². The molecule has 0 aliphatic carbocycles. The molecule has 1 aromatic heterocycles. The monoisotopic (exact) mass is 306 g/mol. The van der Waals surface area contributed by atoms with Crippen molar-refractivity contribution < 1.29 is 0 Å². The van der Waals surface area contributed by atoms with Crippen LogP contribution in [0.4, 0.5) is 11.5 Å². The Bertz CT molecular complexity index is 827. The molecule has 22 heavy (non-hydrogen) atoms. The summed E-state index contributed by atoms with van der Waals surface area (Å²) in [6.07, 6.45) is 0. The van der Waals surface area contributed by atoms with Crippen LogP contribution in [0.2, 0.25) is 0 Å². The number of nitriles is 1. The Balaban J connectivity index is 2.04. The lowest BCUT2D eigenvalue weighted by Crippen LogP contribution is -2.00. The van der Waals surface area contributed by atoms with Crippen molar-refractivity contribution in [3.05, 3.63) is 54.6 Å². The van der Waals surface area contributed by atoms with Gasteiger partial charge in [-0.1, -0.05) is 42.1 Å². The number of anilines is 2. The van der Waals surface area contributed by atoms with E-state index in [-0.39, 0.29) is 5.25 Å². The van der Waals surface area contributed by atoms with Crippen molar-refractivity contribution in [2.75, 3.05) is 5.32 Å². The third-order valence-electron chi connectivity index (χ3n) is 3.08. The molecule has 1 atom stereocenters. The minimum atomic E-state index is -0.189. The summed E-state index contributed by atoms with van der Waals surface area (Å²) in [6, 6.07) is 19.9. The van der Waals surface area contributed by atoms with Gasteiger partial charge in [0.15, 0.2) is 5.16 Å². The minimum Gasteiger partial charge on any atom is -0.340 e. The number of rotatable bonds is 4. The van der Waals surface area contributed by atoms with Gasteiger partial charge in [0, 0.05) is 11.1 Å². The van der Waals surface area contributed by atoms with Crippen LogP contribution in [0, 0.1) is 11.3 Å². The van der Waals surface area contributed by atoms with Crippen molar-refractivity contribution in [3.63, 3.8) is 0 Å². The highest BCUT2D eigenvalue weighted by molar-refractivity contribution is 8.00. The molecule has 5 heteroatoms. The van der Waals surface area contributed by atoms with Crippen molar-refractivity contribution in [2.24, 2.45) is 0 Å². The van der Waals surface area contributed by atoms with Crippen LogP contribution < -0.4 is 5.32 Å². The molecule has 0 saturated heterocycles. The van der Waals surface area contributed by atoms with E-state index in [9.17, 15) is 0 Å². The number of nitrogens with one attached hydrogen (secondary N) is 1. The third kappa shape index (κ3) is 3.18. The number of aromatic nitrogens is 2. The second-order valence-electron chi connectivity index (χ2n) is 4.75. The second kappa shape index (κ2) is 6.46. The Labute approximate surface area is 133 Å². The van der Waals surface area contributed by atoms with Crippen LogP contribution in [0.5, 0.6) is 0 Å². The Morgan fingerprint density at radius 3 is 2.55 bits per heavy atom. The quantitative estimate of drug-likeness (QED) is 0.572. The van der Waals surface area contributed by atoms with Crippen molar-refractivity contribution in [2.45, 2.75) is 17.3 Å². The number of thioether (sulfide) groups is 1. The highest BCUT2D eigenvalue weighted by atomic mass is 32.2. The average Bonchev–Trinajstić information content (AvgIpc) is 2.55. The maximum absolute atomic E-state index is 8.97. The maximum Gasteiger partial charge on any atom is 0.191 e. The first-order valence-electron chi connectivity index (χ1n) is 6.91. The Hall–Kier alpha value is -2.58. The van der Waals surface area contributed by atoms with Crippen LogP contribution in [0.25, 0.3) is 10.9 Å². The zero-order chi connectivity index (χ0) is 15.4. The fourth-order valence-electron chi connectivity index (χ4n) is 2.05. The van der Waals surface area contributed by atoms with Gasteiger partial charge in [-0.3, -0.25) is 0 Å². The summed E-state index contributed by atoms with van der Waals surface area (Å²) in [5.41, 5.74) is 1.83. The van der Waals surface area contributed by atoms with Crippen LogP contribution in [-0.2, 0) is 0 Å². The normalized spacial score (nSPS) is 11.8. The molecule has 0 spiro atoms. The molecule has 0 aliphatic heterocycles. The first-order valence-corrected chi connectivity index (χ1v) is 7.79. The minimum absolute atomic E-state index is 0.189. The molecule has 4 nitrogen and oxygen atoms in total. The van der Waals surface area contributed by atoms with Gasteiger partial charge in [-0.25, -0.2) is 9.97 Å². The molecule has 3 rings (SSSR count). The summed E-state index contributed by atoms with van der Waals surface area (Å²) in [5, 5.41) is 13.7. The lowest BCUT2D eigenvalue weighted by molar-refractivity contribution is 1.00. The van der Waals surface area contributed by atoms with Crippen LogP contribution >= 0.6 is 11.8 Å². The first kappa shape index (κ1) is 14.4. The van der Waals surface area contributed by atoms with Crippen LogP contribution in [0.1, 0.15) is 6.92 Å². The summed E-state index contributed by atoms with van der Waals surface area (Å²) in [4.78, 5) is 9.10. The average molecular weight is 306 g/mol. The zero-order valence-electron chi connectivity index (χ0n) is 12.0. The molecule has 2 aromatic carbocycles. The molecule has 0 fully saturated rings. The summed E-state index contributed by atoms with van der Waals surface area (Å²) in [5.74, 6) is 0.754. The molecule has 0 aliphatic rings. The summed E-state index contributed by atoms with van der Waals surface area (Å²) in [6.45, 7) is 1.84. The fourth-order valence-corrected chi connectivity index (χ4v) is 2.71. The lowest BCUT2D eigenvalue weighted by Gasteiger charge is -2.11. The standard InChI is InChI=1S/C17H14N4S/c1-12(11-18)22-17-20-15-10-6-5-9-14(15)16(21-17)19-13-7-3-2-4-8-13/h2-10,12H,1H3,(H,19,20,21)/t12-/m1/s1. The van der Waals surface area contributed by atoms with Crippen LogP contribution in [0.3, 0.4) is 0 Å². The van der Waals surface area contributed by atoms with Gasteiger partial charge in [0.2, 0.25) is 0 Å². The molecule has 108 valence electrons. The van der Waals surface area contributed by atoms with Crippen molar-refractivity contribution in [1.29, 1.82) is 5.26 Å². The molecule has 3 aromatic rings. The lowest BCUT2D eigenvalue weighted by atomic mass is 10.2.